The molecule has 1 heterocycles. The normalized spacial score (nSPS) is 15.1. The summed E-state index contributed by atoms with van der Waals surface area (Å²) in [5, 5.41) is 0. The first-order valence-electron chi connectivity index (χ1n) is 9.18. The fourth-order valence-electron chi connectivity index (χ4n) is 3.48. The Balaban J connectivity index is 1.85. The molecule has 0 aromatic heterocycles. The van der Waals surface area contributed by atoms with Gasteiger partial charge in [0.1, 0.15) is 4.90 Å². The number of urea groups is 1. The van der Waals surface area contributed by atoms with Crippen LogP contribution in [0.4, 0.5) is 20.6 Å². The predicted octanol–water partition coefficient (Wildman–Crippen LogP) is 4.48. The number of aryl methyl sites for hydroxylation is 1. The van der Waals surface area contributed by atoms with Crippen LogP contribution in [0.2, 0.25) is 0 Å². The van der Waals surface area contributed by atoms with Crippen molar-refractivity contribution >= 4 is 27.4 Å². The van der Waals surface area contributed by atoms with Crippen molar-refractivity contribution in [1.82, 2.24) is 0 Å². The van der Waals surface area contributed by atoms with Gasteiger partial charge in [0.25, 0.3) is 10.0 Å². The van der Waals surface area contributed by atoms with Crippen molar-refractivity contribution in [3.8, 4) is 5.75 Å². The van der Waals surface area contributed by atoms with Crippen molar-refractivity contribution < 1.29 is 22.3 Å². The van der Waals surface area contributed by atoms with Crippen LogP contribution in [0, 0.1) is 12.7 Å². The summed E-state index contributed by atoms with van der Waals surface area (Å²) in [5.74, 6) is -0.468. The summed E-state index contributed by atoms with van der Waals surface area (Å²) in [4.78, 5) is 14.8. The van der Waals surface area contributed by atoms with Crippen LogP contribution in [0.3, 0.4) is 0 Å². The summed E-state index contributed by atoms with van der Waals surface area (Å²) in [6, 6.07) is 16.7. The van der Waals surface area contributed by atoms with Gasteiger partial charge >= 0.3 is 6.03 Å². The number of ether oxygens (including phenoxy) is 1. The molecule has 0 saturated carbocycles. The van der Waals surface area contributed by atoms with E-state index in [1.807, 2.05) is 0 Å². The van der Waals surface area contributed by atoms with Crippen LogP contribution >= 0.6 is 0 Å². The van der Waals surface area contributed by atoms with Crippen LogP contribution < -0.4 is 13.9 Å². The molecule has 0 saturated heterocycles. The molecule has 1 aliphatic rings. The molecule has 6 nitrogen and oxygen atoms in total. The Morgan fingerprint density at radius 1 is 0.967 bits per heavy atom. The number of rotatable bonds is 4. The summed E-state index contributed by atoms with van der Waals surface area (Å²) in [5.41, 5.74) is 1.68. The number of carbonyl (C=O) groups excluding carboxylic acids is 1. The SMILES string of the molecule is COc1ccc(CN2C(=O)N(c3ccccc3C)S(=O)(=O)c3ccccc32)cc1F. The highest BCUT2D eigenvalue weighted by Gasteiger charge is 2.42. The standard InChI is InChI=1S/C22H19FN2O4S/c1-15-7-3-4-8-18(15)25-22(26)24(14-16-11-12-20(29-2)17(23)13-16)19-9-5-6-10-21(19)30(25,27)28/h3-13H,14H2,1-2H3. The zero-order valence-electron chi connectivity index (χ0n) is 16.4. The summed E-state index contributed by atoms with van der Waals surface area (Å²) in [6.45, 7) is 1.73. The third kappa shape index (κ3) is 3.19. The highest BCUT2D eigenvalue weighted by Crippen LogP contribution is 2.39. The van der Waals surface area contributed by atoms with Crippen LogP contribution in [0.5, 0.6) is 5.75 Å². The van der Waals surface area contributed by atoms with Gasteiger partial charge in [0.15, 0.2) is 11.6 Å². The lowest BCUT2D eigenvalue weighted by Gasteiger charge is -2.36. The molecule has 0 atom stereocenters. The first kappa shape index (κ1) is 19.9. The molecule has 2 amide bonds. The van der Waals surface area contributed by atoms with Crippen LogP contribution in [-0.2, 0) is 16.6 Å². The predicted molar refractivity (Wildman–Crippen MR) is 112 cm³/mol. The summed E-state index contributed by atoms with van der Waals surface area (Å²) in [7, 11) is -2.74. The van der Waals surface area contributed by atoms with Crippen LogP contribution in [-0.4, -0.2) is 21.6 Å². The van der Waals surface area contributed by atoms with E-state index in [0.29, 0.717) is 11.1 Å². The number of carbonyl (C=O) groups is 1. The van der Waals surface area contributed by atoms with E-state index < -0.39 is 21.9 Å². The third-order valence-corrected chi connectivity index (χ3v) is 6.70. The average molecular weight is 426 g/mol. The minimum Gasteiger partial charge on any atom is -0.494 e. The quantitative estimate of drug-likeness (QED) is 0.617. The van der Waals surface area contributed by atoms with E-state index in [2.05, 4.69) is 0 Å². The number of anilines is 2. The van der Waals surface area contributed by atoms with E-state index in [-0.39, 0.29) is 28.6 Å². The number of halogens is 1. The molecule has 0 spiro atoms. The van der Waals surface area contributed by atoms with Gasteiger partial charge < -0.3 is 4.74 Å². The van der Waals surface area contributed by atoms with Gasteiger partial charge in [-0.2, -0.15) is 4.31 Å². The molecule has 154 valence electrons. The zero-order chi connectivity index (χ0) is 21.5. The molecular weight excluding hydrogens is 407 g/mol. The van der Waals surface area contributed by atoms with Crippen molar-refractivity contribution in [1.29, 1.82) is 0 Å². The van der Waals surface area contributed by atoms with Crippen molar-refractivity contribution in [2.45, 2.75) is 18.4 Å². The van der Waals surface area contributed by atoms with E-state index in [9.17, 15) is 17.6 Å². The fourth-order valence-corrected chi connectivity index (χ4v) is 5.14. The summed E-state index contributed by atoms with van der Waals surface area (Å²) in [6.07, 6.45) is 0. The maximum Gasteiger partial charge on any atom is 0.343 e. The molecule has 1 aliphatic heterocycles. The molecule has 0 N–H and O–H groups in total. The Morgan fingerprint density at radius 3 is 2.30 bits per heavy atom. The lowest BCUT2D eigenvalue weighted by molar-refractivity contribution is 0.253. The van der Waals surface area contributed by atoms with Gasteiger partial charge in [-0.1, -0.05) is 36.4 Å². The lowest BCUT2D eigenvalue weighted by atomic mass is 10.1. The van der Waals surface area contributed by atoms with Crippen molar-refractivity contribution in [2.75, 3.05) is 16.3 Å². The summed E-state index contributed by atoms with van der Waals surface area (Å²) >= 11 is 0. The van der Waals surface area contributed by atoms with Crippen LogP contribution in [0.1, 0.15) is 11.1 Å². The molecule has 30 heavy (non-hydrogen) atoms. The molecule has 0 unspecified atom stereocenters. The molecule has 0 fully saturated rings. The average Bonchev–Trinajstić information content (AvgIpc) is 2.73. The lowest BCUT2D eigenvalue weighted by Crippen LogP contribution is -2.51. The Hall–Kier alpha value is -3.39. The second kappa shape index (κ2) is 7.46. The highest BCUT2D eigenvalue weighted by atomic mass is 32.2. The number of methoxy groups -OCH3 is 1. The molecule has 0 aliphatic carbocycles. The second-order valence-electron chi connectivity index (χ2n) is 6.86. The number of para-hydroxylation sites is 2. The largest absolute Gasteiger partial charge is 0.494 e. The highest BCUT2D eigenvalue weighted by molar-refractivity contribution is 7.94. The third-order valence-electron chi connectivity index (χ3n) is 4.97. The van der Waals surface area contributed by atoms with Gasteiger partial charge in [0.05, 0.1) is 25.0 Å². The van der Waals surface area contributed by atoms with Gasteiger partial charge in [-0.3, -0.25) is 4.90 Å². The van der Waals surface area contributed by atoms with E-state index in [0.717, 1.165) is 4.31 Å². The van der Waals surface area contributed by atoms with Gasteiger partial charge in [0.2, 0.25) is 0 Å². The minimum absolute atomic E-state index is 0.00530. The first-order valence-corrected chi connectivity index (χ1v) is 10.6. The Labute approximate surface area is 174 Å². The van der Waals surface area contributed by atoms with Crippen molar-refractivity contribution in [3.05, 3.63) is 83.7 Å². The molecule has 0 bridgehead atoms. The van der Waals surface area contributed by atoms with Crippen molar-refractivity contribution in [2.24, 2.45) is 0 Å². The number of hydrogen-bond donors (Lipinski definition) is 0. The number of amides is 2. The van der Waals surface area contributed by atoms with Gasteiger partial charge in [-0.15, -0.1) is 0 Å². The summed E-state index contributed by atoms with van der Waals surface area (Å²) < 4.78 is 46.5. The zero-order valence-corrected chi connectivity index (χ0v) is 17.2. The topological polar surface area (TPSA) is 66.9 Å². The Morgan fingerprint density at radius 2 is 1.63 bits per heavy atom. The molecule has 8 heteroatoms. The van der Waals surface area contributed by atoms with Crippen molar-refractivity contribution in [3.63, 3.8) is 0 Å². The molecule has 0 radical (unpaired) electrons. The molecule has 3 aromatic rings. The number of nitrogens with zero attached hydrogens (tertiary/aromatic N) is 2. The first-order chi connectivity index (χ1) is 14.3. The maximum atomic E-state index is 14.2. The molecular formula is C22H19FN2O4S. The smallest absolute Gasteiger partial charge is 0.343 e. The van der Waals surface area contributed by atoms with E-state index in [4.69, 9.17) is 4.74 Å². The van der Waals surface area contributed by atoms with Gasteiger partial charge in [0, 0.05) is 0 Å². The fraction of sp³-hybridized carbons (Fsp3) is 0.136. The van der Waals surface area contributed by atoms with Gasteiger partial charge in [-0.05, 0) is 48.4 Å². The van der Waals surface area contributed by atoms with E-state index in [1.165, 1.54) is 30.2 Å². The second-order valence-corrected chi connectivity index (χ2v) is 8.62. The number of fused-ring (bicyclic) bond motifs is 1. The number of sulfonamides is 1. The van der Waals surface area contributed by atoms with E-state index >= 15 is 0 Å². The van der Waals surface area contributed by atoms with E-state index in [1.54, 1.807) is 55.5 Å². The molecule has 4 rings (SSSR count). The maximum absolute atomic E-state index is 14.2. The monoisotopic (exact) mass is 426 g/mol. The minimum atomic E-state index is -4.10. The number of benzene rings is 3. The van der Waals surface area contributed by atoms with Crippen LogP contribution in [0.15, 0.2) is 71.6 Å². The van der Waals surface area contributed by atoms with Crippen LogP contribution in [0.25, 0.3) is 0 Å². The Bertz CT molecular complexity index is 1240. The molecule has 3 aromatic carbocycles. The van der Waals surface area contributed by atoms with Gasteiger partial charge in [-0.25, -0.2) is 17.6 Å². The number of hydrogen-bond acceptors (Lipinski definition) is 4. The Kier molecular flexibility index (Phi) is 4.95.